The lowest BCUT2D eigenvalue weighted by Gasteiger charge is -2.45. The Kier molecular flexibility index (Phi) is 3.56. The van der Waals surface area contributed by atoms with Crippen molar-refractivity contribution in [3.63, 3.8) is 0 Å². The molecule has 0 atom stereocenters. The summed E-state index contributed by atoms with van der Waals surface area (Å²) in [6.07, 6.45) is 2.53. The molecule has 0 N–H and O–H groups in total. The zero-order valence-corrected chi connectivity index (χ0v) is 11.7. The molecular weight excluding hydrogens is 206 g/mol. The van der Waals surface area contributed by atoms with E-state index in [1.54, 1.807) is 11.3 Å². The maximum Gasteiger partial charge on any atom is 0.0807 e. The minimum absolute atomic E-state index is 1.01. The molecule has 3 heteroatoms. The predicted molar refractivity (Wildman–Crippen MR) is 67.8 cm³/mol. The maximum absolute atomic E-state index is 2.53. The van der Waals surface area contributed by atoms with Crippen LogP contribution in [-0.4, -0.2) is 26.7 Å². The summed E-state index contributed by atoms with van der Waals surface area (Å²) in [4.78, 5) is 0. The van der Waals surface area contributed by atoms with Gasteiger partial charge in [0, 0.05) is 19.7 Å². The Morgan fingerprint density at radius 3 is 2.43 bits per heavy atom. The van der Waals surface area contributed by atoms with Gasteiger partial charge in [-0.3, -0.25) is 0 Å². The molecule has 1 aromatic rings. The second-order valence-corrected chi connectivity index (χ2v) is 11.3. The molecular formula is C11H21NSSi. The normalized spacial score (nSPS) is 13.2. The van der Waals surface area contributed by atoms with Crippen LogP contribution in [0.25, 0.3) is 0 Å². The number of nitrogens with zero attached hydrogens (tertiary/aromatic N) is 1. The van der Waals surface area contributed by atoms with Gasteiger partial charge in [-0.15, -0.1) is 6.17 Å². The van der Waals surface area contributed by atoms with E-state index in [1.165, 1.54) is 5.56 Å². The molecule has 14 heavy (non-hydrogen) atoms. The number of quaternary nitrogens is 1. The Labute approximate surface area is 93.0 Å². The largest absolute Gasteiger partial charge is 0.457 e. The highest BCUT2D eigenvalue weighted by molar-refractivity contribution is 7.07. The van der Waals surface area contributed by atoms with E-state index >= 15 is 0 Å². The van der Waals surface area contributed by atoms with Crippen LogP contribution in [0.3, 0.4) is 0 Å². The fourth-order valence-corrected chi connectivity index (χ4v) is 4.80. The summed E-state index contributed by atoms with van der Waals surface area (Å²) in [5.41, 5.74) is 1.45. The highest BCUT2D eigenvalue weighted by Gasteiger charge is 2.15. The molecule has 0 amide bonds. The summed E-state index contributed by atoms with van der Waals surface area (Å²) in [7, 11) is 3.50. The van der Waals surface area contributed by atoms with E-state index < -0.39 is 8.07 Å². The van der Waals surface area contributed by atoms with E-state index in [9.17, 15) is 0 Å². The molecule has 0 aliphatic heterocycles. The number of rotatable bonds is 4. The molecule has 0 aliphatic rings. The van der Waals surface area contributed by atoms with Crippen LogP contribution < -0.4 is 0 Å². The first kappa shape index (κ1) is 11.9. The maximum atomic E-state index is 2.53. The van der Waals surface area contributed by atoms with E-state index in [-0.39, 0.29) is 0 Å². The van der Waals surface area contributed by atoms with Crippen molar-refractivity contribution in [2.45, 2.75) is 26.2 Å². The van der Waals surface area contributed by atoms with Crippen LogP contribution in [-0.2, 0) is 6.54 Å². The van der Waals surface area contributed by atoms with Crippen molar-refractivity contribution in [3.8, 4) is 0 Å². The third-order valence-corrected chi connectivity index (χ3v) is 4.11. The third-order valence-electron chi connectivity index (χ3n) is 1.91. The topological polar surface area (TPSA) is 0 Å². The van der Waals surface area contributed by atoms with Gasteiger partial charge in [0.15, 0.2) is 0 Å². The minimum atomic E-state index is -1.08. The van der Waals surface area contributed by atoms with Crippen molar-refractivity contribution in [1.82, 2.24) is 0 Å². The first-order valence-electron chi connectivity index (χ1n) is 4.99. The fraction of sp³-hybridized carbons (Fsp3) is 0.545. The van der Waals surface area contributed by atoms with Gasteiger partial charge in [0.1, 0.15) is 0 Å². The summed E-state index contributed by atoms with van der Waals surface area (Å²) in [5, 5.41) is 4.40. The molecule has 0 saturated carbocycles. The van der Waals surface area contributed by atoms with Crippen molar-refractivity contribution < 1.29 is 4.48 Å². The van der Waals surface area contributed by atoms with Gasteiger partial charge in [-0.25, -0.2) is 0 Å². The third kappa shape index (κ3) is 4.40. The Balaban J connectivity index is 2.58. The lowest BCUT2D eigenvalue weighted by molar-refractivity contribution is -0.867. The smallest absolute Gasteiger partial charge is 0.0807 e. The lowest BCUT2D eigenvalue weighted by atomic mass is 10.3. The van der Waals surface area contributed by atoms with Crippen LogP contribution >= 0.6 is 11.3 Å². The molecule has 0 bridgehead atoms. The molecule has 80 valence electrons. The van der Waals surface area contributed by atoms with Crippen LogP contribution in [0.5, 0.6) is 0 Å². The SMILES string of the molecule is C[N+](C)([CH-][Si](C)(C)C)Cc1ccsc1. The molecule has 0 aliphatic carbocycles. The molecule has 1 aromatic heterocycles. The first-order valence-corrected chi connectivity index (χ1v) is 9.51. The second kappa shape index (κ2) is 4.17. The Morgan fingerprint density at radius 1 is 1.36 bits per heavy atom. The summed E-state index contributed by atoms with van der Waals surface area (Å²) in [5.74, 6) is 0. The van der Waals surface area contributed by atoms with E-state index in [2.05, 4.69) is 56.7 Å². The summed E-state index contributed by atoms with van der Waals surface area (Å²) in [6, 6.07) is 2.22. The van der Waals surface area contributed by atoms with Crippen molar-refractivity contribution >= 4 is 19.4 Å². The standard InChI is InChI=1S/C11H21NSSi/c1-12(2,10-14(3,4)5)8-11-6-7-13-9-11/h6-7,9-10H,8H2,1-5H3. The molecule has 0 saturated heterocycles. The van der Waals surface area contributed by atoms with Crippen molar-refractivity contribution in [2.75, 3.05) is 14.1 Å². The van der Waals surface area contributed by atoms with Gasteiger partial charge in [-0.05, 0) is 24.9 Å². The fourth-order valence-electron chi connectivity index (χ4n) is 1.95. The molecule has 0 radical (unpaired) electrons. The summed E-state index contributed by atoms with van der Waals surface area (Å²) in [6.45, 7) is 8.29. The predicted octanol–water partition coefficient (Wildman–Crippen LogP) is 3.36. The van der Waals surface area contributed by atoms with Gasteiger partial charge >= 0.3 is 0 Å². The number of thiophene rings is 1. The number of hydrogen-bond donors (Lipinski definition) is 0. The average Bonchev–Trinajstić information content (AvgIpc) is 2.31. The van der Waals surface area contributed by atoms with Crippen molar-refractivity contribution in [1.29, 1.82) is 0 Å². The van der Waals surface area contributed by atoms with Gasteiger partial charge < -0.3 is 4.48 Å². The van der Waals surface area contributed by atoms with Crippen LogP contribution in [0, 0.1) is 6.17 Å². The van der Waals surface area contributed by atoms with Gasteiger partial charge in [-0.1, -0.05) is 19.6 Å². The van der Waals surface area contributed by atoms with Crippen LogP contribution in [0.15, 0.2) is 16.8 Å². The Hall–Kier alpha value is -0.123. The minimum Gasteiger partial charge on any atom is -0.457 e. The monoisotopic (exact) mass is 227 g/mol. The molecule has 1 heterocycles. The van der Waals surface area contributed by atoms with E-state index in [1.807, 2.05) is 0 Å². The molecule has 1 nitrogen and oxygen atoms in total. The van der Waals surface area contributed by atoms with Crippen LogP contribution in [0.4, 0.5) is 0 Å². The van der Waals surface area contributed by atoms with Crippen molar-refractivity contribution in [3.05, 3.63) is 28.6 Å². The summed E-state index contributed by atoms with van der Waals surface area (Å²) >= 11 is 1.79. The van der Waals surface area contributed by atoms with Crippen molar-refractivity contribution in [2.24, 2.45) is 0 Å². The van der Waals surface area contributed by atoms with Gasteiger partial charge in [0.2, 0.25) is 0 Å². The van der Waals surface area contributed by atoms with E-state index in [0.717, 1.165) is 11.0 Å². The zero-order valence-electron chi connectivity index (χ0n) is 9.87. The van der Waals surface area contributed by atoms with E-state index in [0.29, 0.717) is 0 Å². The summed E-state index contributed by atoms with van der Waals surface area (Å²) < 4.78 is 1.01. The molecule has 0 unspecified atom stereocenters. The van der Waals surface area contributed by atoms with E-state index in [4.69, 9.17) is 0 Å². The quantitative estimate of drug-likeness (QED) is 0.420. The molecule has 1 rings (SSSR count). The highest BCUT2D eigenvalue weighted by Crippen LogP contribution is 2.19. The molecule has 0 spiro atoms. The average molecular weight is 227 g/mol. The number of hydrogen-bond acceptors (Lipinski definition) is 1. The first-order chi connectivity index (χ1) is 6.29. The van der Waals surface area contributed by atoms with Gasteiger partial charge in [0.25, 0.3) is 0 Å². The highest BCUT2D eigenvalue weighted by atomic mass is 32.1. The van der Waals surface area contributed by atoms with Gasteiger partial charge in [-0.2, -0.15) is 11.3 Å². The Morgan fingerprint density at radius 2 is 2.00 bits per heavy atom. The molecule has 0 fully saturated rings. The lowest BCUT2D eigenvalue weighted by Crippen LogP contribution is -2.44. The van der Waals surface area contributed by atoms with Gasteiger partial charge in [0.05, 0.1) is 6.54 Å². The second-order valence-electron chi connectivity index (χ2n) is 5.56. The zero-order chi connectivity index (χ0) is 10.8. The van der Waals surface area contributed by atoms with Crippen LogP contribution in [0.2, 0.25) is 19.6 Å². The van der Waals surface area contributed by atoms with Crippen LogP contribution in [0.1, 0.15) is 5.56 Å². The Bertz CT molecular complexity index is 272. The molecule has 0 aromatic carbocycles.